The Kier molecular flexibility index (Phi) is 19.8. The van der Waals surface area contributed by atoms with E-state index in [1.165, 1.54) is 0 Å². The molecule has 0 aromatic heterocycles. The molecule has 0 fully saturated rings. The minimum absolute atomic E-state index is 0.231. The largest absolute Gasteiger partial charge is 0.490 e. The number of ether oxygens (including phenoxy) is 6. The van der Waals surface area contributed by atoms with Crippen LogP contribution in [0.2, 0.25) is 0 Å². The number of para-hydroxylation sites is 6. The van der Waals surface area contributed by atoms with E-state index >= 15 is 0 Å². The summed E-state index contributed by atoms with van der Waals surface area (Å²) in [4.78, 5) is 29.1. The molecule has 12 heteroatoms. The van der Waals surface area contributed by atoms with E-state index in [1.54, 1.807) is 41.5 Å². The SMILES string of the molecule is CC(C)C(=O)O.CC(C)C(=O)O.CC(C)C(=O)O.c1ccc2c(c1)OCCCO2.c1ccc2c(c1)OCCO2.c1ccc2c(c1)OCO2. The first-order valence-corrected chi connectivity index (χ1v) is 15.6. The molecule has 0 spiro atoms. The van der Waals surface area contributed by atoms with Gasteiger partial charge in [-0.05, 0) is 36.4 Å². The lowest BCUT2D eigenvalue weighted by atomic mass is 10.2. The molecule has 12 nitrogen and oxygen atoms in total. The minimum Gasteiger partial charge on any atom is -0.490 e. The molecule has 0 aliphatic carbocycles. The fraction of sp³-hybridized carbons (Fsp3) is 0.417. The van der Waals surface area contributed by atoms with E-state index in [2.05, 4.69) is 0 Å². The molecule has 0 unspecified atom stereocenters. The number of aliphatic carboxylic acids is 3. The van der Waals surface area contributed by atoms with Crippen LogP contribution in [0.3, 0.4) is 0 Å². The summed E-state index contributed by atoms with van der Waals surface area (Å²) >= 11 is 0. The van der Waals surface area contributed by atoms with Gasteiger partial charge in [0, 0.05) is 6.42 Å². The van der Waals surface area contributed by atoms with Gasteiger partial charge in [-0.2, -0.15) is 0 Å². The fourth-order valence-corrected chi connectivity index (χ4v) is 2.95. The molecule has 3 aliphatic rings. The van der Waals surface area contributed by atoms with Crippen molar-refractivity contribution in [3.8, 4) is 34.5 Å². The molecular formula is C36H48O12. The van der Waals surface area contributed by atoms with Crippen LogP contribution in [-0.2, 0) is 14.4 Å². The molecule has 6 rings (SSSR count). The van der Waals surface area contributed by atoms with Gasteiger partial charge in [-0.15, -0.1) is 0 Å². The van der Waals surface area contributed by atoms with E-state index in [0.29, 0.717) is 20.0 Å². The second-order valence-electron chi connectivity index (χ2n) is 11.0. The second-order valence-corrected chi connectivity index (χ2v) is 11.0. The fourth-order valence-electron chi connectivity index (χ4n) is 2.95. The lowest BCUT2D eigenvalue weighted by molar-refractivity contribution is -0.141. The highest BCUT2D eigenvalue weighted by atomic mass is 16.7. The van der Waals surface area contributed by atoms with Crippen LogP contribution in [0, 0.1) is 17.8 Å². The molecule has 3 aliphatic heterocycles. The first-order chi connectivity index (χ1) is 22.8. The summed E-state index contributed by atoms with van der Waals surface area (Å²) in [7, 11) is 0. The van der Waals surface area contributed by atoms with Gasteiger partial charge in [-0.1, -0.05) is 77.9 Å². The Morgan fingerprint density at radius 2 is 0.646 bits per heavy atom. The van der Waals surface area contributed by atoms with Crippen molar-refractivity contribution in [2.45, 2.75) is 48.0 Å². The van der Waals surface area contributed by atoms with Crippen molar-refractivity contribution in [3.63, 3.8) is 0 Å². The number of hydrogen-bond acceptors (Lipinski definition) is 9. The highest BCUT2D eigenvalue weighted by molar-refractivity contribution is 5.69. The van der Waals surface area contributed by atoms with Crippen molar-refractivity contribution in [1.29, 1.82) is 0 Å². The Morgan fingerprint density at radius 3 is 0.875 bits per heavy atom. The number of fused-ring (bicyclic) bond motifs is 3. The van der Waals surface area contributed by atoms with E-state index < -0.39 is 17.9 Å². The van der Waals surface area contributed by atoms with E-state index in [9.17, 15) is 14.4 Å². The van der Waals surface area contributed by atoms with Gasteiger partial charge in [0.15, 0.2) is 34.5 Å². The van der Waals surface area contributed by atoms with Crippen molar-refractivity contribution in [1.82, 2.24) is 0 Å². The van der Waals surface area contributed by atoms with Gasteiger partial charge < -0.3 is 43.7 Å². The molecule has 0 saturated carbocycles. The Hall–Kier alpha value is -5.13. The molecule has 3 N–H and O–H groups in total. The average Bonchev–Trinajstić information content (AvgIpc) is 3.43. The molecule has 48 heavy (non-hydrogen) atoms. The van der Waals surface area contributed by atoms with Crippen molar-refractivity contribution in [3.05, 3.63) is 72.8 Å². The quantitative estimate of drug-likeness (QED) is 0.264. The maximum Gasteiger partial charge on any atom is 0.305 e. The first kappa shape index (κ1) is 40.9. The molecule has 0 amide bonds. The summed E-state index contributed by atoms with van der Waals surface area (Å²) in [6, 6.07) is 23.1. The Morgan fingerprint density at radius 1 is 0.438 bits per heavy atom. The third kappa shape index (κ3) is 17.5. The zero-order valence-corrected chi connectivity index (χ0v) is 28.4. The van der Waals surface area contributed by atoms with Gasteiger partial charge in [0.05, 0.1) is 31.0 Å². The van der Waals surface area contributed by atoms with Gasteiger partial charge in [-0.25, -0.2) is 0 Å². The van der Waals surface area contributed by atoms with Gasteiger partial charge in [0.25, 0.3) is 0 Å². The summed E-state index contributed by atoms with van der Waals surface area (Å²) in [5.41, 5.74) is 0. The van der Waals surface area contributed by atoms with Crippen LogP contribution >= 0.6 is 0 Å². The molecule has 3 heterocycles. The maximum absolute atomic E-state index is 9.70. The molecule has 3 aromatic rings. The number of hydrogen-bond donors (Lipinski definition) is 3. The van der Waals surface area contributed by atoms with Gasteiger partial charge >= 0.3 is 17.9 Å². The summed E-state index contributed by atoms with van der Waals surface area (Å²) in [5, 5.41) is 24.0. The third-order valence-electron chi connectivity index (χ3n) is 5.86. The first-order valence-electron chi connectivity index (χ1n) is 15.6. The summed E-state index contributed by atoms with van der Waals surface area (Å²) in [5.74, 6) is 2.22. The number of carbonyl (C=O) groups is 3. The number of carboxylic acid groups (broad SMARTS) is 3. The summed E-state index contributed by atoms with van der Waals surface area (Å²) < 4.78 is 31.6. The smallest absolute Gasteiger partial charge is 0.305 e. The van der Waals surface area contributed by atoms with E-state index in [4.69, 9.17) is 43.7 Å². The van der Waals surface area contributed by atoms with Crippen LogP contribution in [0.15, 0.2) is 72.8 Å². The third-order valence-corrected chi connectivity index (χ3v) is 5.86. The molecule has 0 bridgehead atoms. The number of rotatable bonds is 3. The lowest BCUT2D eigenvalue weighted by Crippen LogP contribution is -2.14. The van der Waals surface area contributed by atoms with E-state index in [0.717, 1.165) is 54.1 Å². The molecule has 264 valence electrons. The Labute approximate surface area is 282 Å². The molecule has 3 aromatic carbocycles. The van der Waals surface area contributed by atoms with Crippen molar-refractivity contribution in [2.75, 3.05) is 33.2 Å². The van der Waals surface area contributed by atoms with Crippen LogP contribution in [0.1, 0.15) is 48.0 Å². The Balaban J connectivity index is 0.000000295. The predicted molar refractivity (Wildman–Crippen MR) is 179 cm³/mol. The predicted octanol–water partition coefficient (Wildman–Crippen LogP) is 6.90. The molecule has 0 atom stereocenters. The Bertz CT molecular complexity index is 1250. The topological polar surface area (TPSA) is 167 Å². The van der Waals surface area contributed by atoms with Gasteiger partial charge in [-0.3, -0.25) is 14.4 Å². The van der Waals surface area contributed by atoms with Crippen molar-refractivity contribution >= 4 is 17.9 Å². The van der Waals surface area contributed by atoms with Crippen LogP contribution < -0.4 is 28.4 Å². The molecule has 0 saturated heterocycles. The summed E-state index contributed by atoms with van der Waals surface area (Å²) in [6.07, 6.45) is 0.967. The van der Waals surface area contributed by atoms with Gasteiger partial charge in [0.2, 0.25) is 6.79 Å². The number of carboxylic acids is 3. The van der Waals surface area contributed by atoms with Crippen LogP contribution in [0.4, 0.5) is 0 Å². The zero-order valence-electron chi connectivity index (χ0n) is 28.4. The second kappa shape index (κ2) is 23.2. The van der Waals surface area contributed by atoms with E-state index in [1.807, 2.05) is 72.8 Å². The highest BCUT2D eigenvalue weighted by Gasteiger charge is 2.10. The van der Waals surface area contributed by atoms with Crippen LogP contribution in [-0.4, -0.2) is 66.4 Å². The van der Waals surface area contributed by atoms with Crippen LogP contribution in [0.5, 0.6) is 34.5 Å². The van der Waals surface area contributed by atoms with Crippen LogP contribution in [0.25, 0.3) is 0 Å². The average molecular weight is 673 g/mol. The lowest BCUT2D eigenvalue weighted by Gasteiger charge is -2.17. The standard InChI is InChI=1S/C9H10O2.C8H8O2.C7H6O2.3C4H8O2/c1-2-5-9-8(4-1)10-6-3-7-11-9;1-2-4-8-7(3-1)9-5-6-10-8;1-2-4-7-6(3-1)8-5-9-7;3*1-3(2)4(5)6/h1-2,4-5H,3,6-7H2;1-4H,5-6H2;1-4H,5H2;3*3H,1-2H3,(H,5,6). The molecular weight excluding hydrogens is 624 g/mol. The minimum atomic E-state index is -0.741. The number of benzene rings is 3. The highest BCUT2D eigenvalue weighted by Crippen LogP contribution is 2.30. The van der Waals surface area contributed by atoms with Gasteiger partial charge in [0.1, 0.15) is 13.2 Å². The van der Waals surface area contributed by atoms with E-state index in [-0.39, 0.29) is 17.8 Å². The maximum atomic E-state index is 9.70. The normalized spacial score (nSPS) is 12.7. The van der Waals surface area contributed by atoms with Crippen molar-refractivity contribution in [2.24, 2.45) is 17.8 Å². The van der Waals surface area contributed by atoms with Crippen molar-refractivity contribution < 1.29 is 58.1 Å². The summed E-state index contributed by atoms with van der Waals surface area (Å²) in [6.45, 7) is 13.1. The molecule has 0 radical (unpaired) electrons. The zero-order chi connectivity index (χ0) is 35.9. The monoisotopic (exact) mass is 672 g/mol.